The van der Waals surface area contributed by atoms with Gasteiger partial charge in [-0.2, -0.15) is 0 Å². The average Bonchev–Trinajstić information content (AvgIpc) is 1.94. The summed E-state index contributed by atoms with van der Waals surface area (Å²) in [5.74, 6) is -1.27. The molecule has 0 aliphatic heterocycles. The first kappa shape index (κ1) is 10.3. The van der Waals surface area contributed by atoms with Gasteiger partial charge in [0.05, 0.1) is 0 Å². The number of aromatic hydroxyl groups is 1. The molecule has 3 nitrogen and oxygen atoms in total. The van der Waals surface area contributed by atoms with E-state index in [9.17, 15) is 17.9 Å². The first-order chi connectivity index (χ1) is 5.82. The molecule has 1 rings (SSSR count). The maximum Gasteiger partial charge on any atom is 0.265 e. The van der Waals surface area contributed by atoms with Crippen molar-refractivity contribution in [1.82, 2.24) is 0 Å². The third-order valence-corrected chi connectivity index (χ3v) is 2.83. The molecule has 0 spiro atoms. The fraction of sp³-hybridized carbons (Fsp3) is 0.143. The monoisotopic (exact) mass is 224 g/mol. The Morgan fingerprint density at radius 3 is 2.46 bits per heavy atom. The van der Waals surface area contributed by atoms with E-state index in [1.165, 1.54) is 6.92 Å². The summed E-state index contributed by atoms with van der Waals surface area (Å²) in [6.07, 6.45) is 0. The Morgan fingerprint density at radius 2 is 2.00 bits per heavy atom. The highest BCUT2D eigenvalue weighted by atomic mass is 35.7. The molecule has 72 valence electrons. The van der Waals surface area contributed by atoms with Crippen molar-refractivity contribution in [2.75, 3.05) is 0 Å². The number of benzene rings is 1. The van der Waals surface area contributed by atoms with Crippen molar-refractivity contribution >= 4 is 19.7 Å². The van der Waals surface area contributed by atoms with E-state index in [1.807, 2.05) is 0 Å². The lowest BCUT2D eigenvalue weighted by atomic mass is 10.2. The minimum Gasteiger partial charge on any atom is -0.506 e. The molecule has 0 heterocycles. The Bertz CT molecular complexity index is 441. The van der Waals surface area contributed by atoms with Gasteiger partial charge < -0.3 is 5.11 Å². The molecule has 0 bridgehead atoms. The maximum absolute atomic E-state index is 12.7. The highest BCUT2D eigenvalue weighted by Gasteiger charge is 2.18. The Balaban J connectivity index is 3.56. The lowest BCUT2D eigenvalue weighted by molar-refractivity contribution is 0.451. The molecule has 0 aromatic heterocycles. The predicted octanol–water partition coefficient (Wildman–Crippen LogP) is 1.77. The van der Waals surface area contributed by atoms with Gasteiger partial charge in [0.1, 0.15) is 16.5 Å². The normalized spacial score (nSPS) is 11.6. The van der Waals surface area contributed by atoms with Gasteiger partial charge in [-0.15, -0.1) is 0 Å². The van der Waals surface area contributed by atoms with E-state index in [0.717, 1.165) is 6.07 Å². The van der Waals surface area contributed by atoms with Crippen LogP contribution in [0.3, 0.4) is 0 Å². The molecule has 13 heavy (non-hydrogen) atoms. The van der Waals surface area contributed by atoms with Crippen LogP contribution in [0.15, 0.2) is 17.0 Å². The molecule has 0 atom stereocenters. The van der Waals surface area contributed by atoms with Crippen LogP contribution in [0.25, 0.3) is 0 Å². The SMILES string of the molecule is Cc1cc(F)cc(S(=O)(=O)Cl)c1O. The molecular weight excluding hydrogens is 219 g/mol. The number of halogens is 2. The Morgan fingerprint density at radius 1 is 1.46 bits per heavy atom. The molecule has 0 saturated heterocycles. The molecule has 0 aliphatic carbocycles. The third kappa shape index (κ3) is 2.10. The number of rotatable bonds is 1. The zero-order valence-corrected chi connectivity index (χ0v) is 8.16. The second-order valence-electron chi connectivity index (χ2n) is 2.51. The average molecular weight is 225 g/mol. The van der Waals surface area contributed by atoms with Gasteiger partial charge >= 0.3 is 0 Å². The highest BCUT2D eigenvalue weighted by Crippen LogP contribution is 2.29. The molecule has 0 unspecified atom stereocenters. The Labute approximate surface area is 79.2 Å². The van der Waals surface area contributed by atoms with E-state index >= 15 is 0 Å². The van der Waals surface area contributed by atoms with Crippen molar-refractivity contribution in [2.24, 2.45) is 0 Å². The molecule has 0 amide bonds. The third-order valence-electron chi connectivity index (χ3n) is 1.49. The van der Waals surface area contributed by atoms with Crippen molar-refractivity contribution in [3.63, 3.8) is 0 Å². The molecule has 0 fully saturated rings. The van der Waals surface area contributed by atoms with Crippen LogP contribution < -0.4 is 0 Å². The van der Waals surface area contributed by atoms with E-state index in [0.29, 0.717) is 6.07 Å². The largest absolute Gasteiger partial charge is 0.506 e. The minimum absolute atomic E-state index is 0.124. The summed E-state index contributed by atoms with van der Waals surface area (Å²) in [7, 11) is 0.857. The Hall–Kier alpha value is -0.810. The summed E-state index contributed by atoms with van der Waals surface area (Å²) in [5.41, 5.74) is 0.124. The second-order valence-corrected chi connectivity index (χ2v) is 5.04. The van der Waals surface area contributed by atoms with Gasteiger partial charge in [0.25, 0.3) is 9.05 Å². The first-order valence-corrected chi connectivity index (χ1v) is 5.57. The van der Waals surface area contributed by atoms with Crippen LogP contribution >= 0.6 is 10.7 Å². The zero-order chi connectivity index (χ0) is 10.2. The van der Waals surface area contributed by atoms with Crippen molar-refractivity contribution in [2.45, 2.75) is 11.8 Å². The smallest absolute Gasteiger partial charge is 0.265 e. The van der Waals surface area contributed by atoms with E-state index in [4.69, 9.17) is 10.7 Å². The van der Waals surface area contributed by atoms with Crippen molar-refractivity contribution < 1.29 is 17.9 Å². The number of aryl methyl sites for hydroxylation is 1. The molecular formula is C7H6ClFO3S. The van der Waals surface area contributed by atoms with E-state index < -0.39 is 25.5 Å². The summed E-state index contributed by atoms with van der Waals surface area (Å²) in [5, 5.41) is 9.23. The quantitative estimate of drug-likeness (QED) is 0.740. The lowest BCUT2D eigenvalue weighted by Gasteiger charge is -2.03. The molecule has 1 N–H and O–H groups in total. The van der Waals surface area contributed by atoms with Gasteiger partial charge in [-0.3, -0.25) is 0 Å². The highest BCUT2D eigenvalue weighted by molar-refractivity contribution is 8.13. The van der Waals surface area contributed by atoms with Gasteiger partial charge in [-0.05, 0) is 24.6 Å². The van der Waals surface area contributed by atoms with Crippen LogP contribution in [0.2, 0.25) is 0 Å². The molecule has 0 radical (unpaired) electrons. The van der Waals surface area contributed by atoms with Crippen molar-refractivity contribution in [1.29, 1.82) is 0 Å². The van der Waals surface area contributed by atoms with Crippen LogP contribution in [0, 0.1) is 12.7 Å². The fourth-order valence-electron chi connectivity index (χ4n) is 0.891. The topological polar surface area (TPSA) is 54.4 Å². The van der Waals surface area contributed by atoms with Crippen LogP contribution in [0.1, 0.15) is 5.56 Å². The fourth-order valence-corrected chi connectivity index (χ4v) is 1.89. The van der Waals surface area contributed by atoms with Crippen LogP contribution in [0.5, 0.6) is 5.75 Å². The summed E-state index contributed by atoms with van der Waals surface area (Å²) >= 11 is 0. The summed E-state index contributed by atoms with van der Waals surface area (Å²) in [4.78, 5) is -0.605. The summed E-state index contributed by atoms with van der Waals surface area (Å²) in [6, 6.07) is 1.69. The molecule has 1 aromatic carbocycles. The number of hydrogen-bond acceptors (Lipinski definition) is 3. The van der Waals surface area contributed by atoms with Gasteiger partial charge in [0.15, 0.2) is 0 Å². The van der Waals surface area contributed by atoms with Gasteiger partial charge in [-0.25, -0.2) is 12.8 Å². The lowest BCUT2D eigenvalue weighted by Crippen LogP contribution is -1.94. The van der Waals surface area contributed by atoms with Crippen molar-refractivity contribution in [3.8, 4) is 5.75 Å². The molecule has 0 aliphatic rings. The summed E-state index contributed by atoms with van der Waals surface area (Å²) < 4.78 is 34.3. The molecule has 6 heteroatoms. The van der Waals surface area contributed by atoms with Crippen molar-refractivity contribution in [3.05, 3.63) is 23.5 Å². The number of phenolic OH excluding ortho intramolecular Hbond substituents is 1. The number of hydrogen-bond donors (Lipinski definition) is 1. The van der Waals surface area contributed by atoms with Gasteiger partial charge in [0.2, 0.25) is 0 Å². The first-order valence-electron chi connectivity index (χ1n) is 3.26. The standard InChI is InChI=1S/C7H6ClFO3S/c1-4-2-5(9)3-6(7(4)10)13(8,11)12/h2-3,10H,1H3. The Kier molecular flexibility index (Phi) is 2.49. The van der Waals surface area contributed by atoms with Crippen LogP contribution in [0.4, 0.5) is 4.39 Å². The zero-order valence-electron chi connectivity index (χ0n) is 6.58. The number of phenols is 1. The predicted molar refractivity (Wildman–Crippen MR) is 45.8 cm³/mol. The van der Waals surface area contributed by atoms with Crippen LogP contribution in [-0.2, 0) is 9.05 Å². The maximum atomic E-state index is 12.7. The van der Waals surface area contributed by atoms with E-state index in [1.54, 1.807) is 0 Å². The summed E-state index contributed by atoms with van der Waals surface area (Å²) in [6.45, 7) is 1.38. The van der Waals surface area contributed by atoms with Gasteiger partial charge in [0, 0.05) is 10.7 Å². The van der Waals surface area contributed by atoms with E-state index in [-0.39, 0.29) is 5.56 Å². The molecule has 1 aromatic rings. The van der Waals surface area contributed by atoms with E-state index in [2.05, 4.69) is 0 Å². The minimum atomic E-state index is -4.10. The van der Waals surface area contributed by atoms with Crippen LogP contribution in [-0.4, -0.2) is 13.5 Å². The molecule has 0 saturated carbocycles. The van der Waals surface area contributed by atoms with Gasteiger partial charge in [-0.1, -0.05) is 0 Å². The second kappa shape index (κ2) is 3.16.